The zero-order chi connectivity index (χ0) is 17.9. The molecule has 25 heavy (non-hydrogen) atoms. The molecule has 0 spiro atoms. The van der Waals surface area contributed by atoms with E-state index in [4.69, 9.17) is 0 Å². The average molecular weight is 397 g/mol. The molecular weight excluding hydrogens is 376 g/mol. The van der Waals surface area contributed by atoms with Crippen LogP contribution in [0.15, 0.2) is 50.9 Å². The van der Waals surface area contributed by atoms with Crippen molar-refractivity contribution < 1.29 is 13.2 Å². The Bertz CT molecular complexity index is 809. The fourth-order valence-corrected chi connectivity index (χ4v) is 5.84. The van der Waals surface area contributed by atoms with Crippen LogP contribution in [0.2, 0.25) is 0 Å². The van der Waals surface area contributed by atoms with Crippen molar-refractivity contribution in [1.29, 1.82) is 0 Å². The molecule has 0 bridgehead atoms. The van der Waals surface area contributed by atoms with Gasteiger partial charge in [0.15, 0.2) is 0 Å². The van der Waals surface area contributed by atoms with Gasteiger partial charge in [-0.3, -0.25) is 4.79 Å². The fourth-order valence-electron chi connectivity index (χ4n) is 2.81. The molecule has 1 aromatic heterocycles. The van der Waals surface area contributed by atoms with Gasteiger partial charge in [-0.1, -0.05) is 6.07 Å². The van der Waals surface area contributed by atoms with Crippen LogP contribution in [0.5, 0.6) is 0 Å². The Morgan fingerprint density at radius 2 is 1.88 bits per heavy atom. The Hall–Kier alpha value is -1.35. The molecule has 1 aliphatic rings. The number of piperidine rings is 1. The summed E-state index contributed by atoms with van der Waals surface area (Å²) in [6.45, 7) is 0.757. The van der Waals surface area contributed by atoms with Crippen LogP contribution in [-0.2, 0) is 14.8 Å². The molecule has 1 aliphatic heterocycles. The van der Waals surface area contributed by atoms with Gasteiger partial charge in [0.25, 0.3) is 10.0 Å². The number of anilines is 1. The van der Waals surface area contributed by atoms with E-state index in [1.165, 1.54) is 15.6 Å². The Morgan fingerprint density at radius 1 is 1.20 bits per heavy atom. The van der Waals surface area contributed by atoms with E-state index in [9.17, 15) is 13.2 Å². The van der Waals surface area contributed by atoms with Crippen molar-refractivity contribution in [2.75, 3.05) is 24.7 Å². The van der Waals surface area contributed by atoms with Gasteiger partial charge < -0.3 is 5.32 Å². The van der Waals surface area contributed by atoms with Crippen molar-refractivity contribution in [2.24, 2.45) is 5.92 Å². The number of nitrogens with one attached hydrogen (secondary N) is 1. The summed E-state index contributed by atoms with van der Waals surface area (Å²) in [5.74, 6) is -0.194. The second kappa shape index (κ2) is 7.90. The molecule has 1 fully saturated rings. The molecule has 1 amide bonds. The van der Waals surface area contributed by atoms with Gasteiger partial charge >= 0.3 is 0 Å². The van der Waals surface area contributed by atoms with Gasteiger partial charge in [-0.2, -0.15) is 4.31 Å². The van der Waals surface area contributed by atoms with Gasteiger partial charge in [0.05, 0.1) is 0 Å². The minimum Gasteiger partial charge on any atom is -0.326 e. The number of carbonyl (C=O) groups is 1. The van der Waals surface area contributed by atoms with E-state index in [2.05, 4.69) is 5.32 Å². The van der Waals surface area contributed by atoms with E-state index in [-0.39, 0.29) is 11.8 Å². The largest absolute Gasteiger partial charge is 0.326 e. The summed E-state index contributed by atoms with van der Waals surface area (Å²) in [6, 6.07) is 11.1. The zero-order valence-electron chi connectivity index (χ0n) is 13.8. The van der Waals surface area contributed by atoms with Crippen LogP contribution >= 0.6 is 23.1 Å². The lowest BCUT2D eigenvalue weighted by molar-refractivity contribution is -0.120. The van der Waals surface area contributed by atoms with Crippen LogP contribution in [0.4, 0.5) is 5.69 Å². The highest BCUT2D eigenvalue weighted by Crippen LogP contribution is 2.27. The molecular formula is C17H20N2O3S3. The molecule has 1 N–H and O–H groups in total. The van der Waals surface area contributed by atoms with E-state index in [0.29, 0.717) is 30.1 Å². The molecule has 0 unspecified atom stereocenters. The lowest BCUT2D eigenvalue weighted by atomic mass is 9.97. The van der Waals surface area contributed by atoms with Crippen molar-refractivity contribution >= 4 is 44.7 Å². The highest BCUT2D eigenvalue weighted by atomic mass is 32.2. The first-order chi connectivity index (χ1) is 12.0. The third kappa shape index (κ3) is 4.25. The van der Waals surface area contributed by atoms with Gasteiger partial charge in [-0.25, -0.2) is 8.42 Å². The summed E-state index contributed by atoms with van der Waals surface area (Å²) < 4.78 is 26.9. The van der Waals surface area contributed by atoms with Crippen LogP contribution in [0.25, 0.3) is 0 Å². The number of amides is 1. The van der Waals surface area contributed by atoms with Crippen molar-refractivity contribution in [2.45, 2.75) is 21.9 Å². The number of hydrogen-bond acceptors (Lipinski definition) is 5. The number of thioether (sulfide) groups is 1. The standard InChI is InChI=1S/C17H20N2O3S3/c1-23-15-6-4-14(5-7-15)18-17(20)13-8-10-19(11-9-13)25(21,22)16-3-2-12-24-16/h2-7,12-13H,8-11H2,1H3,(H,18,20). The number of sulfonamides is 1. The summed E-state index contributed by atoms with van der Waals surface area (Å²) in [6.07, 6.45) is 3.09. The monoisotopic (exact) mass is 396 g/mol. The van der Waals surface area contributed by atoms with Gasteiger partial charge in [0.1, 0.15) is 4.21 Å². The molecule has 2 aromatic rings. The molecule has 5 nitrogen and oxygen atoms in total. The third-order valence-corrected chi connectivity index (χ3v) is 8.29. The van der Waals surface area contributed by atoms with E-state index in [1.54, 1.807) is 29.3 Å². The van der Waals surface area contributed by atoms with Crippen molar-refractivity contribution in [3.8, 4) is 0 Å². The van der Waals surface area contributed by atoms with Gasteiger partial charge in [-0.05, 0) is 54.8 Å². The number of hydrogen-bond donors (Lipinski definition) is 1. The van der Waals surface area contributed by atoms with Crippen LogP contribution in [0, 0.1) is 5.92 Å². The quantitative estimate of drug-likeness (QED) is 0.786. The molecule has 0 atom stereocenters. The Morgan fingerprint density at radius 3 is 2.44 bits per heavy atom. The van der Waals surface area contributed by atoms with E-state index in [0.717, 1.165) is 10.6 Å². The predicted molar refractivity (Wildman–Crippen MR) is 103 cm³/mol. The maximum atomic E-state index is 12.5. The van der Waals surface area contributed by atoms with E-state index < -0.39 is 10.0 Å². The molecule has 2 heterocycles. The molecule has 0 aliphatic carbocycles. The molecule has 3 rings (SSSR count). The number of rotatable bonds is 5. The number of benzene rings is 1. The minimum atomic E-state index is -3.42. The highest BCUT2D eigenvalue weighted by Gasteiger charge is 2.32. The molecule has 0 radical (unpaired) electrons. The predicted octanol–water partition coefficient (Wildman–Crippen LogP) is 3.51. The second-order valence-electron chi connectivity index (χ2n) is 5.83. The maximum Gasteiger partial charge on any atom is 0.252 e. The van der Waals surface area contributed by atoms with E-state index in [1.807, 2.05) is 30.5 Å². The SMILES string of the molecule is CSc1ccc(NC(=O)C2CCN(S(=O)(=O)c3cccs3)CC2)cc1. The topological polar surface area (TPSA) is 66.5 Å². The van der Waals surface area contributed by atoms with Gasteiger partial charge in [0, 0.05) is 29.6 Å². The highest BCUT2D eigenvalue weighted by molar-refractivity contribution is 7.98. The van der Waals surface area contributed by atoms with Gasteiger partial charge in [-0.15, -0.1) is 23.1 Å². The van der Waals surface area contributed by atoms with Crippen LogP contribution < -0.4 is 5.32 Å². The molecule has 8 heteroatoms. The van der Waals surface area contributed by atoms with Crippen molar-refractivity contribution in [3.63, 3.8) is 0 Å². The maximum absolute atomic E-state index is 12.5. The Labute approximate surface area is 156 Å². The summed E-state index contributed by atoms with van der Waals surface area (Å²) >= 11 is 2.88. The average Bonchev–Trinajstić information content (AvgIpc) is 3.18. The number of nitrogens with zero attached hydrogens (tertiary/aromatic N) is 1. The smallest absolute Gasteiger partial charge is 0.252 e. The minimum absolute atomic E-state index is 0.0370. The fraction of sp³-hybridized carbons (Fsp3) is 0.353. The van der Waals surface area contributed by atoms with Crippen LogP contribution in [0.1, 0.15) is 12.8 Å². The molecule has 1 saturated heterocycles. The first-order valence-electron chi connectivity index (χ1n) is 7.99. The lowest BCUT2D eigenvalue weighted by Crippen LogP contribution is -2.41. The Kier molecular flexibility index (Phi) is 5.83. The summed E-state index contributed by atoms with van der Waals surface area (Å²) in [4.78, 5) is 13.6. The summed E-state index contributed by atoms with van der Waals surface area (Å²) in [5.41, 5.74) is 0.774. The van der Waals surface area contributed by atoms with Crippen molar-refractivity contribution in [3.05, 3.63) is 41.8 Å². The normalized spacial score (nSPS) is 16.7. The molecule has 1 aromatic carbocycles. The summed E-state index contributed by atoms with van der Waals surface area (Å²) in [5, 5.41) is 4.69. The van der Waals surface area contributed by atoms with Crippen molar-refractivity contribution in [1.82, 2.24) is 4.31 Å². The first kappa shape index (κ1) is 18.4. The number of thiophene rings is 1. The first-order valence-corrected chi connectivity index (χ1v) is 11.5. The summed E-state index contributed by atoms with van der Waals surface area (Å²) in [7, 11) is -3.42. The zero-order valence-corrected chi connectivity index (χ0v) is 16.3. The second-order valence-corrected chi connectivity index (χ2v) is 9.82. The third-order valence-electron chi connectivity index (χ3n) is 4.27. The van der Waals surface area contributed by atoms with Gasteiger partial charge in [0.2, 0.25) is 5.91 Å². The number of carbonyl (C=O) groups excluding carboxylic acids is 1. The van der Waals surface area contributed by atoms with E-state index >= 15 is 0 Å². The Balaban J connectivity index is 1.57. The molecule has 134 valence electrons. The van der Waals surface area contributed by atoms with Crippen LogP contribution in [0.3, 0.4) is 0 Å². The van der Waals surface area contributed by atoms with Crippen LogP contribution in [-0.4, -0.2) is 38.0 Å². The lowest BCUT2D eigenvalue weighted by Gasteiger charge is -2.30. The molecule has 0 saturated carbocycles.